The van der Waals surface area contributed by atoms with Gasteiger partial charge in [0.1, 0.15) is 5.75 Å². The van der Waals surface area contributed by atoms with Crippen LogP contribution in [0.5, 0.6) is 5.75 Å². The Kier molecular flexibility index (Phi) is 5.23. The van der Waals surface area contributed by atoms with Gasteiger partial charge in [-0.15, -0.1) is 0 Å². The number of nitrogens with one attached hydrogen (secondary N) is 1. The number of aliphatic hydroxyl groups is 1. The monoisotopic (exact) mass is 263 g/mol. The second-order valence-electron chi connectivity index (χ2n) is 5.37. The number of benzene rings is 1. The van der Waals surface area contributed by atoms with Crippen molar-refractivity contribution in [1.29, 1.82) is 0 Å². The maximum atomic E-state index is 9.88. The molecule has 3 unspecified atom stereocenters. The molecule has 0 aliphatic heterocycles. The summed E-state index contributed by atoms with van der Waals surface area (Å²) in [6.07, 6.45) is 4.14. The van der Waals surface area contributed by atoms with Crippen LogP contribution in [-0.2, 0) is 0 Å². The van der Waals surface area contributed by atoms with E-state index in [0.717, 1.165) is 38.0 Å². The van der Waals surface area contributed by atoms with Crippen LogP contribution < -0.4 is 10.1 Å². The van der Waals surface area contributed by atoms with E-state index in [-0.39, 0.29) is 6.10 Å². The molecule has 1 saturated carbocycles. The SMILES string of the molecule is CCC(NCC1CCCC1O)c1ccccc1OC. The minimum atomic E-state index is -0.123. The predicted molar refractivity (Wildman–Crippen MR) is 77.4 cm³/mol. The molecule has 1 aromatic carbocycles. The van der Waals surface area contributed by atoms with E-state index in [0.29, 0.717) is 12.0 Å². The van der Waals surface area contributed by atoms with Gasteiger partial charge in [-0.1, -0.05) is 31.5 Å². The second-order valence-corrected chi connectivity index (χ2v) is 5.37. The number of rotatable bonds is 6. The lowest BCUT2D eigenvalue weighted by atomic mass is 10.0. The van der Waals surface area contributed by atoms with Crippen LogP contribution in [0.1, 0.15) is 44.2 Å². The molecule has 1 aliphatic rings. The first-order valence-corrected chi connectivity index (χ1v) is 7.30. The highest BCUT2D eigenvalue weighted by Crippen LogP contribution is 2.29. The number of ether oxygens (including phenoxy) is 1. The van der Waals surface area contributed by atoms with Crippen molar-refractivity contribution in [3.05, 3.63) is 29.8 Å². The molecule has 0 heterocycles. The van der Waals surface area contributed by atoms with Crippen molar-refractivity contribution in [3.63, 3.8) is 0 Å². The Bertz CT molecular complexity index is 394. The summed E-state index contributed by atoms with van der Waals surface area (Å²) >= 11 is 0. The van der Waals surface area contributed by atoms with Crippen LogP contribution in [0.25, 0.3) is 0 Å². The molecular formula is C16H25NO2. The average Bonchev–Trinajstić information content (AvgIpc) is 2.85. The van der Waals surface area contributed by atoms with Crippen molar-refractivity contribution in [2.24, 2.45) is 5.92 Å². The molecule has 1 fully saturated rings. The highest BCUT2D eigenvalue weighted by Gasteiger charge is 2.26. The van der Waals surface area contributed by atoms with Gasteiger partial charge in [-0.05, 0) is 31.2 Å². The lowest BCUT2D eigenvalue weighted by Gasteiger charge is -2.23. The fourth-order valence-corrected chi connectivity index (χ4v) is 2.98. The van der Waals surface area contributed by atoms with Crippen molar-refractivity contribution < 1.29 is 9.84 Å². The Morgan fingerprint density at radius 3 is 2.79 bits per heavy atom. The lowest BCUT2D eigenvalue weighted by molar-refractivity contribution is 0.129. The maximum Gasteiger partial charge on any atom is 0.123 e. The van der Waals surface area contributed by atoms with Gasteiger partial charge < -0.3 is 15.2 Å². The predicted octanol–water partition coefficient (Wildman–Crippen LogP) is 2.90. The molecule has 3 nitrogen and oxygen atoms in total. The summed E-state index contributed by atoms with van der Waals surface area (Å²) in [5, 5.41) is 13.5. The van der Waals surface area contributed by atoms with Crippen LogP contribution in [-0.4, -0.2) is 24.9 Å². The van der Waals surface area contributed by atoms with E-state index in [1.54, 1.807) is 7.11 Å². The third-order valence-electron chi connectivity index (χ3n) is 4.17. The molecule has 2 N–H and O–H groups in total. The Labute approximate surface area is 116 Å². The van der Waals surface area contributed by atoms with E-state index in [1.165, 1.54) is 5.56 Å². The number of methoxy groups -OCH3 is 1. The van der Waals surface area contributed by atoms with Crippen molar-refractivity contribution in [2.45, 2.75) is 44.8 Å². The highest BCUT2D eigenvalue weighted by atomic mass is 16.5. The zero-order valence-corrected chi connectivity index (χ0v) is 11.9. The van der Waals surface area contributed by atoms with Gasteiger partial charge in [0.2, 0.25) is 0 Å². The van der Waals surface area contributed by atoms with Gasteiger partial charge in [-0.25, -0.2) is 0 Å². The molecule has 0 amide bonds. The number of para-hydroxylation sites is 1. The summed E-state index contributed by atoms with van der Waals surface area (Å²) in [7, 11) is 1.71. The topological polar surface area (TPSA) is 41.5 Å². The fraction of sp³-hybridized carbons (Fsp3) is 0.625. The third kappa shape index (κ3) is 3.48. The molecule has 3 atom stereocenters. The van der Waals surface area contributed by atoms with Crippen LogP contribution in [0.4, 0.5) is 0 Å². The summed E-state index contributed by atoms with van der Waals surface area (Å²) in [6.45, 7) is 3.06. The van der Waals surface area contributed by atoms with Gasteiger partial charge >= 0.3 is 0 Å². The summed E-state index contributed by atoms with van der Waals surface area (Å²) < 4.78 is 5.43. The fourth-order valence-electron chi connectivity index (χ4n) is 2.98. The molecule has 0 aromatic heterocycles. The molecule has 1 aliphatic carbocycles. The molecule has 106 valence electrons. The van der Waals surface area contributed by atoms with Crippen LogP contribution >= 0.6 is 0 Å². The van der Waals surface area contributed by atoms with Crippen molar-refractivity contribution in [3.8, 4) is 5.75 Å². The van der Waals surface area contributed by atoms with Crippen molar-refractivity contribution in [1.82, 2.24) is 5.32 Å². The Morgan fingerprint density at radius 2 is 2.16 bits per heavy atom. The molecule has 0 bridgehead atoms. The van der Waals surface area contributed by atoms with Crippen molar-refractivity contribution in [2.75, 3.05) is 13.7 Å². The zero-order chi connectivity index (χ0) is 13.7. The lowest BCUT2D eigenvalue weighted by Crippen LogP contribution is -2.30. The number of hydrogen-bond acceptors (Lipinski definition) is 3. The standard InChI is InChI=1S/C16H25NO2/c1-3-14(13-8-4-5-10-16(13)19-2)17-11-12-7-6-9-15(12)18/h4-5,8,10,12,14-15,17-18H,3,6-7,9,11H2,1-2H3. The summed E-state index contributed by atoms with van der Waals surface area (Å²) in [5.41, 5.74) is 1.21. The molecule has 19 heavy (non-hydrogen) atoms. The van der Waals surface area contributed by atoms with E-state index in [1.807, 2.05) is 18.2 Å². The summed E-state index contributed by atoms with van der Waals surface area (Å²) in [6, 6.07) is 8.46. The van der Waals surface area contributed by atoms with E-state index >= 15 is 0 Å². The Morgan fingerprint density at radius 1 is 1.37 bits per heavy atom. The van der Waals surface area contributed by atoms with E-state index in [2.05, 4.69) is 18.3 Å². The van der Waals surface area contributed by atoms with Crippen LogP contribution in [0.15, 0.2) is 24.3 Å². The largest absolute Gasteiger partial charge is 0.496 e. The first kappa shape index (κ1) is 14.4. The van der Waals surface area contributed by atoms with Gasteiger partial charge in [-0.2, -0.15) is 0 Å². The van der Waals surface area contributed by atoms with Gasteiger partial charge in [0.25, 0.3) is 0 Å². The van der Waals surface area contributed by atoms with Crippen LogP contribution in [0.2, 0.25) is 0 Å². The van der Waals surface area contributed by atoms with Gasteiger partial charge in [0.15, 0.2) is 0 Å². The molecule has 0 radical (unpaired) electrons. The second kappa shape index (κ2) is 6.92. The van der Waals surface area contributed by atoms with Gasteiger partial charge in [0.05, 0.1) is 13.2 Å². The summed E-state index contributed by atoms with van der Waals surface area (Å²) in [5.74, 6) is 1.34. The van der Waals surface area contributed by atoms with Crippen LogP contribution in [0.3, 0.4) is 0 Å². The van der Waals surface area contributed by atoms with Crippen LogP contribution in [0, 0.1) is 5.92 Å². The normalized spacial score (nSPS) is 24.4. The minimum Gasteiger partial charge on any atom is -0.496 e. The quantitative estimate of drug-likeness (QED) is 0.829. The zero-order valence-electron chi connectivity index (χ0n) is 11.9. The Hall–Kier alpha value is -1.06. The molecule has 2 rings (SSSR count). The van der Waals surface area contributed by atoms with Crippen molar-refractivity contribution >= 4 is 0 Å². The smallest absolute Gasteiger partial charge is 0.123 e. The van der Waals surface area contributed by atoms with Gasteiger partial charge in [0, 0.05) is 18.2 Å². The average molecular weight is 263 g/mol. The first-order valence-electron chi connectivity index (χ1n) is 7.30. The maximum absolute atomic E-state index is 9.88. The molecule has 1 aromatic rings. The summed E-state index contributed by atoms with van der Waals surface area (Å²) in [4.78, 5) is 0. The highest BCUT2D eigenvalue weighted by molar-refractivity contribution is 5.35. The van der Waals surface area contributed by atoms with E-state index in [4.69, 9.17) is 4.74 Å². The molecular weight excluding hydrogens is 238 g/mol. The third-order valence-corrected chi connectivity index (χ3v) is 4.17. The molecule has 0 saturated heterocycles. The molecule has 3 heteroatoms. The minimum absolute atomic E-state index is 0.123. The molecule has 0 spiro atoms. The Balaban J connectivity index is 1.99. The van der Waals surface area contributed by atoms with E-state index < -0.39 is 0 Å². The number of aliphatic hydroxyl groups excluding tert-OH is 1. The first-order chi connectivity index (χ1) is 9.26. The van der Waals surface area contributed by atoms with E-state index in [9.17, 15) is 5.11 Å². The van der Waals surface area contributed by atoms with Gasteiger partial charge in [-0.3, -0.25) is 0 Å². The number of hydrogen-bond donors (Lipinski definition) is 2.